The molecule has 0 amide bonds. The van der Waals surface area contributed by atoms with Crippen molar-refractivity contribution in [2.75, 3.05) is 18.6 Å². The average molecular weight is 249 g/mol. The minimum absolute atomic E-state index is 0.127. The average Bonchev–Trinajstić information content (AvgIpc) is 2.65. The number of rotatable bonds is 3. The van der Waals surface area contributed by atoms with Crippen molar-refractivity contribution < 1.29 is 14.6 Å². The maximum absolute atomic E-state index is 11.1. The van der Waals surface area contributed by atoms with E-state index in [9.17, 15) is 4.79 Å². The van der Waals surface area contributed by atoms with Crippen LogP contribution in [0.1, 0.15) is 20.3 Å². The molecule has 0 saturated carbocycles. The van der Waals surface area contributed by atoms with Gasteiger partial charge in [-0.05, 0) is 44.5 Å². The summed E-state index contributed by atoms with van der Waals surface area (Å²) < 4.78 is 5.13. The Morgan fingerprint density at radius 2 is 2.00 bits per heavy atom. The van der Waals surface area contributed by atoms with Crippen molar-refractivity contribution in [3.63, 3.8) is 0 Å². The summed E-state index contributed by atoms with van der Waals surface area (Å²) in [6.07, 6.45) is 0.675. The van der Waals surface area contributed by atoms with Crippen LogP contribution in [0.4, 0.5) is 5.69 Å². The normalized spacial score (nSPS) is 21.9. The molecule has 1 saturated heterocycles. The van der Waals surface area contributed by atoms with Crippen LogP contribution in [-0.4, -0.2) is 30.3 Å². The zero-order valence-corrected chi connectivity index (χ0v) is 11.0. The molecule has 0 bridgehead atoms. The molecule has 1 aromatic rings. The van der Waals surface area contributed by atoms with Gasteiger partial charge in [-0.15, -0.1) is 0 Å². The van der Waals surface area contributed by atoms with E-state index in [0.29, 0.717) is 13.0 Å². The van der Waals surface area contributed by atoms with Gasteiger partial charge in [0, 0.05) is 17.8 Å². The van der Waals surface area contributed by atoms with Crippen LogP contribution in [0, 0.1) is 5.92 Å². The quantitative estimate of drug-likeness (QED) is 0.893. The first-order valence-corrected chi connectivity index (χ1v) is 6.08. The Morgan fingerprint density at radius 3 is 2.44 bits per heavy atom. The van der Waals surface area contributed by atoms with Crippen LogP contribution in [0.2, 0.25) is 0 Å². The van der Waals surface area contributed by atoms with Gasteiger partial charge in [-0.1, -0.05) is 0 Å². The van der Waals surface area contributed by atoms with Gasteiger partial charge in [0.2, 0.25) is 0 Å². The number of anilines is 1. The van der Waals surface area contributed by atoms with E-state index in [4.69, 9.17) is 9.84 Å². The number of carboxylic acid groups (broad SMARTS) is 1. The predicted octanol–water partition coefficient (Wildman–Crippen LogP) is 2.38. The molecule has 0 aliphatic carbocycles. The van der Waals surface area contributed by atoms with Crippen molar-refractivity contribution in [1.82, 2.24) is 0 Å². The summed E-state index contributed by atoms with van der Waals surface area (Å²) in [7, 11) is 1.63. The zero-order chi connectivity index (χ0) is 13.3. The molecule has 4 nitrogen and oxygen atoms in total. The first-order valence-electron chi connectivity index (χ1n) is 6.08. The van der Waals surface area contributed by atoms with Crippen molar-refractivity contribution in [1.29, 1.82) is 0 Å². The van der Waals surface area contributed by atoms with Gasteiger partial charge in [-0.3, -0.25) is 4.79 Å². The van der Waals surface area contributed by atoms with Crippen LogP contribution in [0.25, 0.3) is 0 Å². The van der Waals surface area contributed by atoms with Crippen LogP contribution in [0.15, 0.2) is 24.3 Å². The molecule has 0 radical (unpaired) electrons. The Labute approximate surface area is 107 Å². The first kappa shape index (κ1) is 12.7. The monoisotopic (exact) mass is 249 g/mol. The minimum atomic E-state index is -0.709. The SMILES string of the molecule is COc1ccc(N2CC(C(=O)O)CC2(C)C)cc1. The van der Waals surface area contributed by atoms with Gasteiger partial charge >= 0.3 is 5.97 Å². The van der Waals surface area contributed by atoms with Gasteiger partial charge in [0.1, 0.15) is 5.75 Å². The highest BCUT2D eigenvalue weighted by Crippen LogP contribution is 2.37. The van der Waals surface area contributed by atoms with Crippen LogP contribution < -0.4 is 9.64 Å². The van der Waals surface area contributed by atoms with Gasteiger partial charge in [0.15, 0.2) is 0 Å². The molecule has 1 aromatic carbocycles. The largest absolute Gasteiger partial charge is 0.497 e. The van der Waals surface area contributed by atoms with E-state index in [0.717, 1.165) is 11.4 Å². The van der Waals surface area contributed by atoms with Crippen LogP contribution in [0.5, 0.6) is 5.75 Å². The maximum Gasteiger partial charge on any atom is 0.308 e. The number of aliphatic carboxylic acids is 1. The summed E-state index contributed by atoms with van der Waals surface area (Å²) in [6, 6.07) is 7.76. The number of methoxy groups -OCH3 is 1. The van der Waals surface area contributed by atoms with Crippen LogP contribution in [0.3, 0.4) is 0 Å². The Bertz CT molecular complexity index is 439. The molecule has 1 atom stereocenters. The Hall–Kier alpha value is -1.71. The number of carboxylic acids is 1. The number of nitrogens with zero attached hydrogens (tertiary/aromatic N) is 1. The van der Waals surface area contributed by atoms with Crippen molar-refractivity contribution >= 4 is 11.7 Å². The molecule has 0 aromatic heterocycles. The molecule has 18 heavy (non-hydrogen) atoms. The standard InChI is InChI=1S/C14H19NO3/c1-14(2)8-10(13(16)17)9-15(14)11-4-6-12(18-3)7-5-11/h4-7,10H,8-9H2,1-3H3,(H,16,17). The smallest absolute Gasteiger partial charge is 0.308 e. The maximum atomic E-state index is 11.1. The van der Waals surface area contributed by atoms with Gasteiger partial charge < -0.3 is 14.7 Å². The van der Waals surface area contributed by atoms with Crippen molar-refractivity contribution in [2.24, 2.45) is 5.92 Å². The number of hydrogen-bond donors (Lipinski definition) is 1. The molecule has 1 N–H and O–H groups in total. The highest BCUT2D eigenvalue weighted by Gasteiger charge is 2.41. The molecule has 0 spiro atoms. The molecule has 2 rings (SSSR count). The third-order valence-corrected chi connectivity index (χ3v) is 3.61. The van der Waals surface area contributed by atoms with E-state index in [-0.39, 0.29) is 11.5 Å². The summed E-state index contributed by atoms with van der Waals surface area (Å²) in [5, 5.41) is 9.15. The molecule has 1 fully saturated rings. The summed E-state index contributed by atoms with van der Waals surface area (Å²) in [5.74, 6) is -0.188. The number of hydrogen-bond acceptors (Lipinski definition) is 3. The lowest BCUT2D eigenvalue weighted by molar-refractivity contribution is -0.141. The van der Waals surface area contributed by atoms with Gasteiger partial charge in [0.05, 0.1) is 13.0 Å². The molecule has 1 heterocycles. The van der Waals surface area contributed by atoms with Gasteiger partial charge in [0.25, 0.3) is 0 Å². The second-order valence-corrected chi connectivity index (χ2v) is 5.36. The van der Waals surface area contributed by atoms with Crippen LogP contribution >= 0.6 is 0 Å². The summed E-state index contributed by atoms with van der Waals surface area (Å²) in [4.78, 5) is 13.3. The van der Waals surface area contributed by atoms with E-state index in [1.165, 1.54) is 0 Å². The van der Waals surface area contributed by atoms with Crippen LogP contribution in [-0.2, 0) is 4.79 Å². The van der Waals surface area contributed by atoms with E-state index in [2.05, 4.69) is 18.7 Å². The summed E-state index contributed by atoms with van der Waals surface area (Å²) >= 11 is 0. The molecular formula is C14H19NO3. The molecule has 98 valence electrons. The van der Waals surface area contributed by atoms with Gasteiger partial charge in [-0.25, -0.2) is 0 Å². The van der Waals surface area contributed by atoms with Crippen molar-refractivity contribution in [2.45, 2.75) is 25.8 Å². The van der Waals surface area contributed by atoms with E-state index in [1.54, 1.807) is 7.11 Å². The fourth-order valence-electron chi connectivity index (χ4n) is 2.63. The number of ether oxygens (including phenoxy) is 1. The molecule has 1 aliphatic heterocycles. The zero-order valence-electron chi connectivity index (χ0n) is 11.0. The topological polar surface area (TPSA) is 49.8 Å². The van der Waals surface area contributed by atoms with E-state index in [1.807, 2.05) is 24.3 Å². The van der Waals surface area contributed by atoms with Crippen molar-refractivity contribution in [3.8, 4) is 5.75 Å². The minimum Gasteiger partial charge on any atom is -0.497 e. The fraction of sp³-hybridized carbons (Fsp3) is 0.500. The second kappa shape index (κ2) is 4.52. The lowest BCUT2D eigenvalue weighted by atomic mass is 9.96. The van der Waals surface area contributed by atoms with Gasteiger partial charge in [-0.2, -0.15) is 0 Å². The highest BCUT2D eigenvalue weighted by atomic mass is 16.5. The Kier molecular flexibility index (Phi) is 3.20. The third-order valence-electron chi connectivity index (χ3n) is 3.61. The number of benzene rings is 1. The van der Waals surface area contributed by atoms with E-state index >= 15 is 0 Å². The lowest BCUT2D eigenvalue weighted by Crippen LogP contribution is -2.38. The molecule has 4 heteroatoms. The molecular weight excluding hydrogens is 230 g/mol. The van der Waals surface area contributed by atoms with Crippen molar-refractivity contribution in [3.05, 3.63) is 24.3 Å². The first-order chi connectivity index (χ1) is 8.44. The summed E-state index contributed by atoms with van der Waals surface area (Å²) in [6.45, 7) is 4.73. The lowest BCUT2D eigenvalue weighted by Gasteiger charge is -2.33. The third kappa shape index (κ3) is 2.28. The Balaban J connectivity index is 2.23. The highest BCUT2D eigenvalue weighted by molar-refractivity contribution is 5.73. The summed E-state index contributed by atoms with van der Waals surface area (Å²) in [5.41, 5.74) is 0.919. The Morgan fingerprint density at radius 1 is 1.39 bits per heavy atom. The predicted molar refractivity (Wildman–Crippen MR) is 70.2 cm³/mol. The molecule has 1 aliphatic rings. The fourth-order valence-corrected chi connectivity index (χ4v) is 2.63. The molecule has 1 unspecified atom stereocenters. The van der Waals surface area contributed by atoms with E-state index < -0.39 is 5.97 Å². The number of carbonyl (C=O) groups is 1. The second-order valence-electron chi connectivity index (χ2n) is 5.36.